The van der Waals surface area contributed by atoms with E-state index in [1.165, 1.54) is 154 Å². The fraction of sp³-hybridized carbons (Fsp3) is 0.708. The maximum atomic E-state index is 12.9. The highest BCUT2D eigenvalue weighted by Gasteiger charge is 2.19. The van der Waals surface area contributed by atoms with Crippen LogP contribution in [0.2, 0.25) is 0 Å². The molecule has 0 heterocycles. The van der Waals surface area contributed by atoms with Crippen LogP contribution in [-0.4, -0.2) is 37.2 Å². The van der Waals surface area contributed by atoms with Gasteiger partial charge in [-0.2, -0.15) is 0 Å². The largest absolute Gasteiger partial charge is 0.462 e. The second-order valence-corrected chi connectivity index (χ2v) is 21.6. The van der Waals surface area contributed by atoms with Crippen molar-refractivity contribution in [3.63, 3.8) is 0 Å². The van der Waals surface area contributed by atoms with E-state index >= 15 is 0 Å². The third-order valence-electron chi connectivity index (χ3n) is 14.0. The van der Waals surface area contributed by atoms with Gasteiger partial charge in [-0.15, -0.1) is 0 Å². The lowest BCUT2D eigenvalue weighted by Crippen LogP contribution is -2.30. The molecule has 0 saturated heterocycles. The smallest absolute Gasteiger partial charge is 0.306 e. The number of ether oxygens (including phenoxy) is 3. The van der Waals surface area contributed by atoms with E-state index in [0.717, 1.165) is 116 Å². The number of hydrogen-bond acceptors (Lipinski definition) is 6. The Morgan fingerprint density at radius 1 is 0.269 bits per heavy atom. The van der Waals surface area contributed by atoms with Crippen LogP contribution in [-0.2, 0) is 28.6 Å². The molecule has 0 fully saturated rings. The molecule has 0 radical (unpaired) electrons. The summed E-state index contributed by atoms with van der Waals surface area (Å²) in [7, 11) is 0. The van der Waals surface area contributed by atoms with E-state index in [0.29, 0.717) is 12.8 Å². The average Bonchev–Trinajstić information content (AvgIpc) is 3.44. The average molecular weight is 1080 g/mol. The number of hydrogen-bond donors (Lipinski definition) is 0. The molecule has 0 aliphatic rings. The minimum absolute atomic E-state index is 0.0967. The van der Waals surface area contributed by atoms with Crippen molar-refractivity contribution in [2.45, 2.75) is 316 Å². The number of esters is 3. The molecule has 0 spiro atoms. The zero-order chi connectivity index (χ0) is 56.4. The van der Waals surface area contributed by atoms with Crippen molar-refractivity contribution in [3.05, 3.63) is 109 Å². The van der Waals surface area contributed by atoms with Crippen LogP contribution in [0.4, 0.5) is 0 Å². The second-order valence-electron chi connectivity index (χ2n) is 21.6. The SMILES string of the molecule is CC/C=C\C/C=C\C/C=C\C/C=C\C/C=C\CCCCCC(=O)OC(COC(=O)CCCCCCCCC/C=C\CCCCCCCCC)COC(=O)CCCCCCCCCC/C=C\C/C=C\C/C=C\CCCCCCC. The Balaban J connectivity index is 4.45. The van der Waals surface area contributed by atoms with E-state index < -0.39 is 6.10 Å². The van der Waals surface area contributed by atoms with E-state index in [2.05, 4.69) is 130 Å². The van der Waals surface area contributed by atoms with Crippen molar-refractivity contribution in [1.29, 1.82) is 0 Å². The van der Waals surface area contributed by atoms with Crippen LogP contribution in [0.25, 0.3) is 0 Å². The molecule has 1 atom stereocenters. The summed E-state index contributed by atoms with van der Waals surface area (Å²) < 4.78 is 16.9. The Labute approximate surface area is 482 Å². The summed E-state index contributed by atoms with van der Waals surface area (Å²) in [5, 5.41) is 0. The fourth-order valence-electron chi connectivity index (χ4n) is 9.06. The topological polar surface area (TPSA) is 78.9 Å². The van der Waals surface area contributed by atoms with Crippen molar-refractivity contribution in [1.82, 2.24) is 0 Å². The molecular weight excluding hydrogens is 961 g/mol. The molecule has 0 aromatic rings. The molecule has 0 amide bonds. The number of unbranched alkanes of at least 4 members (excludes halogenated alkanes) is 30. The Kier molecular flexibility index (Phi) is 62.3. The monoisotopic (exact) mass is 1080 g/mol. The molecule has 1 unspecified atom stereocenters. The van der Waals surface area contributed by atoms with E-state index in [1.807, 2.05) is 0 Å². The van der Waals surface area contributed by atoms with Crippen LogP contribution in [0, 0.1) is 0 Å². The summed E-state index contributed by atoms with van der Waals surface area (Å²) >= 11 is 0. The summed E-state index contributed by atoms with van der Waals surface area (Å²) in [6.07, 6.45) is 89.5. The van der Waals surface area contributed by atoms with Gasteiger partial charge in [-0.1, -0.05) is 271 Å². The predicted molar refractivity (Wildman–Crippen MR) is 339 cm³/mol. The molecule has 0 aliphatic heterocycles. The first-order valence-electron chi connectivity index (χ1n) is 32.9. The standard InChI is InChI=1S/C72H122O6/c1-4-7-10-13-16-19-22-25-28-31-34-35-36-37-39-41-44-47-50-53-56-59-62-65-71(74)77-68-69(67-76-70(73)64-61-58-55-52-49-46-43-40-33-30-27-24-21-18-15-12-9-6-3)78-72(75)66-63-60-57-54-51-48-45-42-38-32-29-26-23-20-17-14-11-8-5-2/h8,11,17,20,22,25-26,29-31,33-34,36-38,42,48,51,69H,4-7,9-10,12-16,18-19,21,23-24,27-28,32,35,39-41,43-47,49-50,52-68H2,1-3H3/b11-8-,20-17-,25-22-,29-26-,33-30-,34-31-,37-36-,42-38-,51-48-. The molecule has 0 rings (SSSR count). The van der Waals surface area contributed by atoms with Crippen molar-refractivity contribution in [2.75, 3.05) is 13.2 Å². The van der Waals surface area contributed by atoms with Gasteiger partial charge in [0, 0.05) is 19.3 Å². The summed E-state index contributed by atoms with van der Waals surface area (Å²) in [6, 6.07) is 0. The molecule has 0 bridgehead atoms. The molecule has 78 heavy (non-hydrogen) atoms. The van der Waals surface area contributed by atoms with Gasteiger partial charge < -0.3 is 14.2 Å². The van der Waals surface area contributed by atoms with E-state index in [4.69, 9.17) is 14.2 Å². The van der Waals surface area contributed by atoms with Gasteiger partial charge in [0.15, 0.2) is 6.10 Å². The van der Waals surface area contributed by atoms with E-state index in [-0.39, 0.29) is 37.5 Å². The zero-order valence-corrected chi connectivity index (χ0v) is 51.2. The normalized spacial score (nSPS) is 12.8. The van der Waals surface area contributed by atoms with E-state index in [1.54, 1.807) is 0 Å². The van der Waals surface area contributed by atoms with Crippen LogP contribution in [0.1, 0.15) is 310 Å². The van der Waals surface area contributed by atoms with Gasteiger partial charge in [0.1, 0.15) is 13.2 Å². The first kappa shape index (κ1) is 74.1. The van der Waals surface area contributed by atoms with Crippen LogP contribution in [0.15, 0.2) is 109 Å². The van der Waals surface area contributed by atoms with Gasteiger partial charge in [0.25, 0.3) is 0 Å². The lowest BCUT2D eigenvalue weighted by Gasteiger charge is -2.18. The van der Waals surface area contributed by atoms with Gasteiger partial charge in [-0.3, -0.25) is 14.4 Å². The summed E-state index contributed by atoms with van der Waals surface area (Å²) in [6.45, 7) is 6.50. The Morgan fingerprint density at radius 3 is 0.808 bits per heavy atom. The Bertz CT molecular complexity index is 1570. The molecule has 0 aromatic carbocycles. The maximum Gasteiger partial charge on any atom is 0.306 e. The molecule has 0 aliphatic carbocycles. The van der Waals surface area contributed by atoms with Gasteiger partial charge in [0.2, 0.25) is 0 Å². The summed E-state index contributed by atoms with van der Waals surface area (Å²) in [5.41, 5.74) is 0. The van der Waals surface area contributed by atoms with Crippen molar-refractivity contribution >= 4 is 17.9 Å². The number of allylic oxidation sites excluding steroid dienone is 18. The van der Waals surface area contributed by atoms with Crippen LogP contribution in [0.3, 0.4) is 0 Å². The van der Waals surface area contributed by atoms with Crippen molar-refractivity contribution in [3.8, 4) is 0 Å². The first-order chi connectivity index (χ1) is 38.5. The minimum Gasteiger partial charge on any atom is -0.462 e. The summed E-state index contributed by atoms with van der Waals surface area (Å²) in [4.78, 5) is 38.4. The number of carbonyl (C=O) groups is 3. The molecule has 0 saturated carbocycles. The van der Waals surface area contributed by atoms with Crippen molar-refractivity contribution in [2.24, 2.45) is 0 Å². The highest BCUT2D eigenvalue weighted by molar-refractivity contribution is 5.71. The predicted octanol–water partition coefficient (Wildman–Crippen LogP) is 22.6. The lowest BCUT2D eigenvalue weighted by molar-refractivity contribution is -0.167. The van der Waals surface area contributed by atoms with Crippen LogP contribution in [0.5, 0.6) is 0 Å². The Morgan fingerprint density at radius 2 is 0.500 bits per heavy atom. The van der Waals surface area contributed by atoms with Crippen molar-refractivity contribution < 1.29 is 28.6 Å². The van der Waals surface area contributed by atoms with Gasteiger partial charge >= 0.3 is 17.9 Å². The molecular formula is C72H122O6. The third kappa shape index (κ3) is 62.9. The Hall–Kier alpha value is -3.93. The molecule has 6 nitrogen and oxygen atoms in total. The maximum absolute atomic E-state index is 12.9. The molecule has 0 aromatic heterocycles. The molecule has 0 N–H and O–H groups in total. The summed E-state index contributed by atoms with van der Waals surface area (Å²) in [5.74, 6) is -0.932. The van der Waals surface area contributed by atoms with Gasteiger partial charge in [0.05, 0.1) is 0 Å². The molecule has 6 heteroatoms. The zero-order valence-electron chi connectivity index (χ0n) is 51.2. The second kappa shape index (κ2) is 65.6. The minimum atomic E-state index is -0.804. The third-order valence-corrected chi connectivity index (χ3v) is 14.0. The number of carbonyl (C=O) groups excluding carboxylic acids is 3. The van der Waals surface area contributed by atoms with Gasteiger partial charge in [-0.05, 0) is 128 Å². The quantitative estimate of drug-likeness (QED) is 0.0261. The van der Waals surface area contributed by atoms with E-state index in [9.17, 15) is 14.4 Å². The first-order valence-corrected chi connectivity index (χ1v) is 32.9. The van der Waals surface area contributed by atoms with Crippen LogP contribution < -0.4 is 0 Å². The number of rotatable bonds is 59. The fourth-order valence-corrected chi connectivity index (χ4v) is 9.06. The molecule has 446 valence electrons. The van der Waals surface area contributed by atoms with Gasteiger partial charge in [-0.25, -0.2) is 0 Å². The highest BCUT2D eigenvalue weighted by Crippen LogP contribution is 2.15. The lowest BCUT2D eigenvalue weighted by atomic mass is 10.1. The van der Waals surface area contributed by atoms with Crippen LogP contribution >= 0.6 is 0 Å². The highest BCUT2D eigenvalue weighted by atomic mass is 16.6.